The highest BCUT2D eigenvalue weighted by Crippen LogP contribution is 2.43. The van der Waals surface area contributed by atoms with Crippen molar-refractivity contribution in [2.24, 2.45) is 0 Å². The van der Waals surface area contributed by atoms with Crippen molar-refractivity contribution >= 4 is 115 Å². The van der Waals surface area contributed by atoms with Crippen molar-refractivity contribution in [3.63, 3.8) is 0 Å². The van der Waals surface area contributed by atoms with E-state index >= 15 is 0 Å². The van der Waals surface area contributed by atoms with Gasteiger partial charge in [0, 0.05) is 6.42 Å². The van der Waals surface area contributed by atoms with E-state index in [1.165, 1.54) is 14.0 Å². The number of hydrogen-bond donors (Lipinski definition) is 0. The van der Waals surface area contributed by atoms with Crippen LogP contribution in [-0.4, -0.2) is 247 Å². The zero-order chi connectivity index (χ0) is 78.9. The van der Waals surface area contributed by atoms with Gasteiger partial charge in [-0.3, -0.25) is 0 Å². The first-order valence-corrected chi connectivity index (χ1v) is 36.7. The molecule has 12 atom stereocenters. The average Bonchev–Trinajstić information content (AvgIpc) is 1.61. The van der Waals surface area contributed by atoms with Gasteiger partial charge in [-0.05, 0) is 32.3 Å². The predicted molar refractivity (Wildman–Crippen MR) is 308 cm³/mol. The molecule has 0 N–H and O–H groups in total. The number of halogens is 6. The molecule has 1 aromatic rings. The molecule has 55 heteroatoms. The maximum absolute atomic E-state index is 12.2. The van der Waals surface area contributed by atoms with Crippen LogP contribution in [0.1, 0.15) is 51.5 Å². The lowest BCUT2D eigenvalue weighted by Crippen LogP contribution is -2.46. The Balaban J connectivity index is 0.000000313. The highest BCUT2D eigenvalue weighted by atomic mass is 32.3. The minimum Gasteiger partial charge on any atom is -0.467 e. The van der Waals surface area contributed by atoms with Gasteiger partial charge in [0.15, 0.2) is 12.7 Å². The molecule has 8 fully saturated rings. The van der Waals surface area contributed by atoms with Gasteiger partial charge < -0.3 is 33.2 Å². The van der Waals surface area contributed by atoms with E-state index in [1.54, 1.807) is 0 Å². The molecule has 0 radical (unpaired) electrons. The van der Waals surface area contributed by atoms with E-state index in [2.05, 4.69) is 89.9 Å². The van der Waals surface area contributed by atoms with E-state index in [9.17, 15) is 119 Å². The van der Waals surface area contributed by atoms with Crippen molar-refractivity contribution in [3.8, 4) is 12.3 Å². The van der Waals surface area contributed by atoms with Gasteiger partial charge in [-0.25, -0.2) is 92.1 Å². The van der Waals surface area contributed by atoms with E-state index in [0.29, 0.717) is 12.8 Å². The standard InChI is InChI=1S/C11H12O6S.C9H14O6S.C6H7F3O6S.C6H8O6S.C6H6O6S.C5H5F3O6S.C5H8O6S/c1-15-11(12)10-9(16-18(13,14)17-10)7-8-5-3-2-4-6-8;1-13-8(10)7-9(5-3-2-4-6-9)15-16(11,12)14-7;1-3-4(15-16(11,12)14-3)5(10)13-2-6(7,8)9;2*1-3-4-5(6(7)10-2)12-13(8,9)11-4;1-12-4(9)2-3(5(6,7)8)14-15(10,11)13-2;1-5(4(6)9-2)3-10-12(7,8)11-5/h2-6,9-10H,7H2,1H3;7H,2-6H2,1H3;3-4H,2H2,1H3;3-5H,1H2,2H3;1,4-5H,2H3;2-3H,1H3;3H2,1-2H3. The molecule has 7 aliphatic heterocycles. The lowest BCUT2D eigenvalue weighted by molar-refractivity contribution is -0.207. The molecule has 12 unspecified atom stereocenters. The quantitative estimate of drug-likeness (QED) is 0.0779. The van der Waals surface area contributed by atoms with Crippen LogP contribution in [0.2, 0.25) is 0 Å². The number of esters is 7. The summed E-state index contributed by atoms with van der Waals surface area (Å²) in [6.45, 7) is 3.58. The molecule has 1 spiro atoms. The molecular formula is C48H60F6O42S7. The summed E-state index contributed by atoms with van der Waals surface area (Å²) in [6.07, 6.45) is -16.1. The molecular weight excluding hydrogens is 1590 g/mol. The Bertz CT molecular complexity index is 4070. The van der Waals surface area contributed by atoms with Crippen molar-refractivity contribution in [1.82, 2.24) is 0 Å². The first kappa shape index (κ1) is 90.7. The predicted octanol–water partition coefficient (Wildman–Crippen LogP) is -1.75. The molecule has 0 aromatic heterocycles. The molecule has 103 heavy (non-hydrogen) atoms. The Morgan fingerprint density at radius 3 is 1.46 bits per heavy atom. The van der Waals surface area contributed by atoms with Gasteiger partial charge in [0.1, 0.15) is 30.5 Å². The number of carbonyl (C=O) groups excluding carboxylic acids is 7. The fraction of sp³-hybridized carbons (Fsp3) is 0.646. The lowest BCUT2D eigenvalue weighted by atomic mass is 9.81. The lowest BCUT2D eigenvalue weighted by Gasteiger charge is -2.32. The summed E-state index contributed by atoms with van der Waals surface area (Å²) in [4.78, 5) is 77.4. The monoisotopic (exact) mass is 1650 g/mol. The number of rotatable bonds is 11. The van der Waals surface area contributed by atoms with Gasteiger partial charge in [0.05, 0.1) is 42.7 Å². The molecule has 0 amide bonds. The second kappa shape index (κ2) is 36.7. The minimum atomic E-state index is -5.04. The maximum Gasteiger partial charge on any atom is 0.422 e. The molecule has 7 heterocycles. The SMILES string of the molecule is C#CC1OS(=O)(=O)OC1C(=O)OC.C=CC1OS(=O)(=O)OC1C(=O)OC.CC1OS(=O)(=O)OC1C(=O)OCC(F)(F)F.COC(=O)C1(C)COS(=O)(=O)O1.COC(=O)C1OS(=O)(=O)OC12CCCCC2.COC(=O)C1OS(=O)(=O)OC1C(F)(F)F.COC(=O)C1OS(=O)(=O)OC1Cc1ccccc1. The molecule has 7 saturated heterocycles. The van der Waals surface area contributed by atoms with Crippen LogP contribution in [0.5, 0.6) is 0 Å². The highest BCUT2D eigenvalue weighted by Gasteiger charge is 2.60. The van der Waals surface area contributed by atoms with Crippen molar-refractivity contribution in [2.75, 3.05) is 55.9 Å². The van der Waals surface area contributed by atoms with Crippen LogP contribution in [0.4, 0.5) is 26.3 Å². The average molecular weight is 1650 g/mol. The largest absolute Gasteiger partial charge is 0.467 e. The number of benzene rings is 1. The number of hydrogen-bond acceptors (Lipinski definition) is 42. The first-order chi connectivity index (χ1) is 47.2. The van der Waals surface area contributed by atoms with Gasteiger partial charge >= 0.3 is 127 Å². The van der Waals surface area contributed by atoms with E-state index < -0.39 is 212 Å². The highest BCUT2D eigenvalue weighted by molar-refractivity contribution is 7.83. The summed E-state index contributed by atoms with van der Waals surface area (Å²) >= 11 is 0. The van der Waals surface area contributed by atoms with E-state index in [-0.39, 0.29) is 13.0 Å². The van der Waals surface area contributed by atoms with Crippen LogP contribution in [0.3, 0.4) is 0 Å². The number of alkyl halides is 6. The van der Waals surface area contributed by atoms with E-state index in [1.807, 2.05) is 36.3 Å². The van der Waals surface area contributed by atoms with Gasteiger partial charge in [0.2, 0.25) is 48.3 Å². The second-order valence-corrected chi connectivity index (χ2v) is 28.6. The van der Waals surface area contributed by atoms with Crippen LogP contribution in [-0.2, 0) is 204 Å². The van der Waals surface area contributed by atoms with Crippen LogP contribution >= 0.6 is 0 Å². The van der Waals surface area contributed by atoms with Gasteiger partial charge in [-0.2, -0.15) is 85.3 Å². The third-order valence-electron chi connectivity index (χ3n) is 12.7. The third kappa shape index (κ3) is 27.7. The van der Waals surface area contributed by atoms with Gasteiger partial charge in [-0.15, -0.1) is 13.0 Å². The van der Waals surface area contributed by atoms with E-state index in [4.69, 9.17) is 14.8 Å². The smallest absolute Gasteiger partial charge is 0.422 e. The summed E-state index contributed by atoms with van der Waals surface area (Å²) in [5, 5.41) is 0. The van der Waals surface area contributed by atoms with Crippen molar-refractivity contribution in [2.45, 2.75) is 143 Å². The number of carbonyl (C=O) groups is 7. The summed E-state index contributed by atoms with van der Waals surface area (Å²) in [7, 11) is -23.0. The zero-order valence-electron chi connectivity index (χ0n) is 53.5. The molecule has 1 aliphatic carbocycles. The number of ether oxygens (including phenoxy) is 7. The summed E-state index contributed by atoms with van der Waals surface area (Å²) in [5.41, 5.74) is -1.73. The van der Waals surface area contributed by atoms with Crippen molar-refractivity contribution in [1.29, 1.82) is 0 Å². The first-order valence-electron chi connectivity index (χ1n) is 27.4. The number of methoxy groups -OCH3 is 6. The fourth-order valence-electron chi connectivity index (χ4n) is 8.23. The van der Waals surface area contributed by atoms with Crippen LogP contribution < -0.4 is 0 Å². The Kier molecular flexibility index (Phi) is 32.3. The molecule has 8 aliphatic rings. The maximum atomic E-state index is 12.2. The topological polar surface area (TPSA) is 552 Å². The molecule has 9 rings (SSSR count). The summed E-state index contributed by atoms with van der Waals surface area (Å²) in [6, 6.07) is 9.08. The molecule has 1 saturated carbocycles. The molecule has 1 aromatic carbocycles. The van der Waals surface area contributed by atoms with Crippen LogP contribution in [0, 0.1) is 12.3 Å². The summed E-state index contributed by atoms with van der Waals surface area (Å²) < 4.78 is 313. The Morgan fingerprint density at radius 1 is 0.534 bits per heavy atom. The van der Waals surface area contributed by atoms with Crippen LogP contribution in [0.25, 0.3) is 0 Å². The zero-order valence-corrected chi connectivity index (χ0v) is 59.2. The normalized spacial score (nSPS) is 30.0. The Hall–Kier alpha value is -6.52. The Morgan fingerprint density at radius 2 is 0.990 bits per heavy atom. The van der Waals surface area contributed by atoms with Gasteiger partial charge in [0.25, 0.3) is 0 Å². The molecule has 42 nitrogen and oxygen atoms in total. The van der Waals surface area contributed by atoms with Crippen molar-refractivity contribution < 1.29 is 211 Å². The number of terminal acetylenes is 1. The van der Waals surface area contributed by atoms with Crippen molar-refractivity contribution in [3.05, 3.63) is 48.6 Å². The fourth-order valence-corrected chi connectivity index (χ4v) is 15.2. The Labute approximate surface area is 582 Å². The third-order valence-corrected chi connectivity index (χ3v) is 19.2. The molecule has 0 bridgehead atoms. The van der Waals surface area contributed by atoms with Gasteiger partial charge in [-0.1, -0.05) is 61.6 Å². The minimum absolute atomic E-state index is 0.250. The molecule has 588 valence electrons. The second-order valence-electron chi connectivity index (χ2n) is 20.2. The van der Waals surface area contributed by atoms with E-state index in [0.717, 1.165) is 73.4 Å². The summed E-state index contributed by atoms with van der Waals surface area (Å²) in [5.74, 6) is -4.89. The van der Waals surface area contributed by atoms with Crippen LogP contribution in [0.15, 0.2) is 43.0 Å².